The van der Waals surface area contributed by atoms with E-state index >= 15 is 0 Å². The van der Waals surface area contributed by atoms with Crippen molar-refractivity contribution in [3.63, 3.8) is 0 Å². The van der Waals surface area contributed by atoms with Gasteiger partial charge in [-0.2, -0.15) is 0 Å². The molecule has 21 rings (SSSR count). The topological polar surface area (TPSA) is 87.1 Å². The molecule has 0 fully saturated rings. The number of para-hydroxylation sites is 2. The van der Waals surface area contributed by atoms with E-state index in [0.29, 0.717) is 34.9 Å². The molecule has 0 spiro atoms. The highest BCUT2D eigenvalue weighted by atomic mass is 28.3. The van der Waals surface area contributed by atoms with Crippen molar-refractivity contribution in [2.24, 2.45) is 0 Å². The predicted octanol–water partition coefficient (Wildman–Crippen LogP) is 18.4. The average molecular weight is 1570 g/mol. The summed E-state index contributed by atoms with van der Waals surface area (Å²) in [4.78, 5) is 40.1. The van der Waals surface area contributed by atoms with E-state index < -0.39 is 22.9 Å². The van der Waals surface area contributed by atoms with E-state index in [-0.39, 0.29) is 0 Å². The number of nitrogens with zero attached hydrogens (tertiary/aromatic N) is 9. The molecular weight excluding hydrogens is 1490 g/mol. The van der Waals surface area contributed by atoms with Crippen molar-refractivity contribution in [1.29, 1.82) is 0 Å². The number of benzene rings is 17. The van der Waals surface area contributed by atoms with Gasteiger partial charge in [0, 0.05) is 78.9 Å². The van der Waals surface area contributed by atoms with Crippen molar-refractivity contribution in [1.82, 2.24) is 29.9 Å². The second kappa shape index (κ2) is 31.4. The van der Waals surface area contributed by atoms with Crippen LogP contribution in [0.2, 0.25) is 0 Å². The molecule has 2 aromatic heterocycles. The molecule has 2 aliphatic heterocycles. The van der Waals surface area contributed by atoms with Gasteiger partial charge in [0.15, 0.2) is 51.1 Å². The normalized spacial score (nSPS) is 12.1. The predicted molar refractivity (Wildman–Crippen MR) is 502 cm³/mol. The Hall–Kier alpha value is -15.3. The van der Waals surface area contributed by atoms with E-state index in [4.69, 9.17) is 29.9 Å². The van der Waals surface area contributed by atoms with Gasteiger partial charge >= 0.3 is 0 Å². The standard InChI is InChI=1S/C108H76BN9Si2/c1-13-39-77(40-14-1)103-110-104(78-41-15-2-16-42-78)113-107(112-103)81-67-69-98-96(71-81)109-97-72-82(108-114-105(79-43-17-3-18-44-79)111-106(115-108)80-45-19-4-20-46-80)68-70-99(97)118(86-52-38-66-95(74-86)120(91-59-31-10-32-60-91,92-61-33-11-34-62-92)93-63-35-12-36-64-93)101-76-87(116(83-47-21-5-22-48-83)84-49-23-6-24-50-84)75-100(102(101)109)117(98)85-51-37-65-94(73-85)119(88-53-25-7-26-54-88,89-55-27-8-28-56-89)90-57-29-9-30-58-90/h1-76H. The van der Waals surface area contributed by atoms with Crippen LogP contribution in [-0.4, -0.2) is 52.8 Å². The maximum atomic E-state index is 5.51. The lowest BCUT2D eigenvalue weighted by Crippen LogP contribution is -2.74. The minimum Gasteiger partial charge on any atom is -0.311 e. The summed E-state index contributed by atoms with van der Waals surface area (Å²) in [5.41, 5.74) is 17.3. The van der Waals surface area contributed by atoms with Crippen molar-refractivity contribution >= 4 is 132 Å². The molecule has 0 amide bonds. The molecule has 2 aliphatic rings. The molecule has 9 nitrogen and oxygen atoms in total. The number of fused-ring (bicyclic) bond motifs is 4. The van der Waals surface area contributed by atoms with Gasteiger partial charge in [-0.1, -0.05) is 376 Å². The first-order valence-electron chi connectivity index (χ1n) is 40.8. The van der Waals surface area contributed by atoms with E-state index in [9.17, 15) is 0 Å². The summed E-state index contributed by atoms with van der Waals surface area (Å²) in [5, 5.41) is 10.1. The van der Waals surface area contributed by atoms with E-state index in [1.807, 2.05) is 72.8 Å². The van der Waals surface area contributed by atoms with Crippen LogP contribution in [-0.2, 0) is 0 Å². The van der Waals surface area contributed by atoms with E-state index in [2.05, 4.69) is 403 Å². The molecule has 120 heavy (non-hydrogen) atoms. The van der Waals surface area contributed by atoms with Crippen LogP contribution >= 0.6 is 0 Å². The number of hydrogen-bond donors (Lipinski definition) is 0. The Kier molecular flexibility index (Phi) is 18.9. The van der Waals surface area contributed by atoms with Gasteiger partial charge in [0.25, 0.3) is 6.71 Å². The van der Waals surface area contributed by atoms with E-state index in [0.717, 1.165) is 101 Å². The fourth-order valence-corrected chi connectivity index (χ4v) is 27.9. The molecule has 0 radical (unpaired) electrons. The van der Waals surface area contributed by atoms with Crippen molar-refractivity contribution in [3.8, 4) is 68.3 Å². The number of anilines is 9. The number of rotatable bonds is 19. The highest BCUT2D eigenvalue weighted by Gasteiger charge is 2.48. The molecule has 17 aromatic carbocycles. The maximum Gasteiger partial charge on any atom is 0.252 e. The fourth-order valence-electron chi connectivity index (χ4n) is 18.3. The summed E-state index contributed by atoms with van der Waals surface area (Å²) in [6.07, 6.45) is 0. The largest absolute Gasteiger partial charge is 0.311 e. The second-order valence-electron chi connectivity index (χ2n) is 30.4. The minimum absolute atomic E-state index is 0.486. The Balaban J connectivity index is 0.903. The van der Waals surface area contributed by atoms with Crippen molar-refractivity contribution in [2.75, 3.05) is 14.7 Å². The Bertz CT molecular complexity index is 6180. The lowest BCUT2D eigenvalue weighted by Gasteiger charge is -2.45. The average Bonchev–Trinajstić information content (AvgIpc) is 0.697. The third-order valence-electron chi connectivity index (χ3n) is 23.6. The first-order valence-corrected chi connectivity index (χ1v) is 44.8. The van der Waals surface area contributed by atoms with Crippen molar-refractivity contribution in [3.05, 3.63) is 461 Å². The molecule has 0 atom stereocenters. The zero-order valence-electron chi connectivity index (χ0n) is 65.5. The number of aromatic nitrogens is 6. The Morgan fingerprint density at radius 1 is 0.192 bits per heavy atom. The summed E-state index contributed by atoms with van der Waals surface area (Å²) in [6.45, 7) is -0.486. The van der Waals surface area contributed by atoms with Crippen LogP contribution in [0.25, 0.3) is 68.3 Å². The van der Waals surface area contributed by atoms with Gasteiger partial charge in [0.1, 0.15) is 0 Å². The van der Waals surface area contributed by atoms with Crippen LogP contribution in [0.4, 0.5) is 51.2 Å². The first-order chi connectivity index (χ1) is 59.5. The molecule has 564 valence electrons. The third kappa shape index (κ3) is 12.9. The second-order valence-corrected chi connectivity index (χ2v) is 38.0. The van der Waals surface area contributed by atoms with Crippen LogP contribution in [0.3, 0.4) is 0 Å². The van der Waals surface area contributed by atoms with Gasteiger partial charge in [-0.15, -0.1) is 0 Å². The van der Waals surface area contributed by atoms with Gasteiger partial charge in [-0.05, 0) is 143 Å². The summed E-state index contributed by atoms with van der Waals surface area (Å²) < 4.78 is 0. The fraction of sp³-hybridized carbons (Fsp3) is 0. The van der Waals surface area contributed by atoms with Crippen LogP contribution < -0.4 is 72.6 Å². The summed E-state index contributed by atoms with van der Waals surface area (Å²) in [7, 11) is -6.40. The molecule has 0 saturated carbocycles. The highest BCUT2D eigenvalue weighted by Crippen LogP contribution is 2.49. The molecule has 0 unspecified atom stereocenters. The minimum atomic E-state index is -3.20. The first kappa shape index (κ1) is 72.4. The lowest BCUT2D eigenvalue weighted by molar-refractivity contribution is 1.07. The Morgan fingerprint density at radius 3 is 0.708 bits per heavy atom. The summed E-state index contributed by atoms with van der Waals surface area (Å²) >= 11 is 0. The van der Waals surface area contributed by atoms with Gasteiger partial charge in [-0.25, -0.2) is 29.9 Å². The Labute approximate surface area is 701 Å². The quantitative estimate of drug-likeness (QED) is 0.0580. The monoisotopic (exact) mass is 1570 g/mol. The van der Waals surface area contributed by atoms with Crippen LogP contribution in [0, 0.1) is 0 Å². The van der Waals surface area contributed by atoms with Gasteiger partial charge in [0.05, 0.1) is 5.69 Å². The molecule has 4 heterocycles. The molecule has 0 aliphatic carbocycles. The molecule has 19 aromatic rings. The molecule has 0 bridgehead atoms. The summed E-state index contributed by atoms with van der Waals surface area (Å²) in [5.74, 6) is 3.39. The summed E-state index contributed by atoms with van der Waals surface area (Å²) in [6, 6.07) is 168. The molecule has 0 N–H and O–H groups in total. The lowest BCUT2D eigenvalue weighted by atomic mass is 9.33. The molecule has 12 heteroatoms. The van der Waals surface area contributed by atoms with Crippen LogP contribution in [0.5, 0.6) is 0 Å². The SMILES string of the molecule is c1ccc(-c2nc(-c3ccccc3)nc(-c3ccc4c(c3)B3c5cc(-c6nc(-c7ccccc7)nc(-c7ccccc7)n6)ccc5N(c5cccc([Si](c6ccccc6)(c6ccccc6)c6ccccc6)c5)c5cc(N(c6ccccc6)c6ccccc6)cc(c53)N4c3cccc([Si](c4ccccc4)(c4ccccc4)c4ccccc4)c3)n2)cc1. The maximum absolute atomic E-state index is 5.51. The Morgan fingerprint density at radius 2 is 0.433 bits per heavy atom. The van der Waals surface area contributed by atoms with Crippen LogP contribution in [0.1, 0.15) is 0 Å². The molecular formula is C108H76BN9Si2. The zero-order valence-corrected chi connectivity index (χ0v) is 67.5. The molecule has 0 saturated heterocycles. The number of hydrogen-bond acceptors (Lipinski definition) is 9. The van der Waals surface area contributed by atoms with Crippen LogP contribution in [0.15, 0.2) is 461 Å². The van der Waals surface area contributed by atoms with Gasteiger partial charge in [-0.3, -0.25) is 0 Å². The van der Waals surface area contributed by atoms with E-state index in [1.165, 1.54) is 41.5 Å². The van der Waals surface area contributed by atoms with Gasteiger partial charge < -0.3 is 14.7 Å². The van der Waals surface area contributed by atoms with E-state index in [1.54, 1.807) is 0 Å². The zero-order chi connectivity index (χ0) is 79.8. The van der Waals surface area contributed by atoms with Crippen molar-refractivity contribution < 1.29 is 0 Å². The highest BCUT2D eigenvalue weighted by molar-refractivity contribution is 7.20. The third-order valence-corrected chi connectivity index (χ3v) is 33.1. The van der Waals surface area contributed by atoms with Crippen molar-refractivity contribution in [2.45, 2.75) is 0 Å². The van der Waals surface area contributed by atoms with Gasteiger partial charge in [0.2, 0.25) is 0 Å². The smallest absolute Gasteiger partial charge is 0.252 e.